The van der Waals surface area contributed by atoms with E-state index in [2.05, 4.69) is 29.7 Å². The van der Waals surface area contributed by atoms with Gasteiger partial charge >= 0.3 is 0 Å². The second kappa shape index (κ2) is 5.91. The molecular weight excluding hydrogens is 186 g/mol. The molecule has 0 spiro atoms. The van der Waals surface area contributed by atoms with E-state index >= 15 is 0 Å². The summed E-state index contributed by atoms with van der Waals surface area (Å²) in [7, 11) is 0. The zero-order valence-electron chi connectivity index (χ0n) is 10.2. The average molecular weight is 209 g/mol. The number of aromatic nitrogens is 2. The first-order valence-corrected chi connectivity index (χ1v) is 5.96. The van der Waals surface area contributed by atoms with Crippen molar-refractivity contribution < 1.29 is 0 Å². The standard InChI is InChI=1S/C12H23N3/c1-4-11(13)7-6-8-12-9-10(3)14-15(12)5-2/h9,11H,4-8,13H2,1-3H3. The molecule has 0 saturated heterocycles. The molecule has 86 valence electrons. The molecule has 2 N–H and O–H groups in total. The Morgan fingerprint density at radius 1 is 1.47 bits per heavy atom. The van der Waals surface area contributed by atoms with Crippen molar-refractivity contribution in [2.24, 2.45) is 5.73 Å². The third kappa shape index (κ3) is 3.67. The van der Waals surface area contributed by atoms with Gasteiger partial charge in [0, 0.05) is 18.3 Å². The number of nitrogens with two attached hydrogens (primary N) is 1. The first-order chi connectivity index (χ1) is 7.17. The van der Waals surface area contributed by atoms with Gasteiger partial charge in [0.25, 0.3) is 0 Å². The number of aryl methyl sites for hydroxylation is 3. The largest absolute Gasteiger partial charge is 0.328 e. The summed E-state index contributed by atoms with van der Waals surface area (Å²) in [5, 5.41) is 4.43. The van der Waals surface area contributed by atoms with Gasteiger partial charge in [0.2, 0.25) is 0 Å². The van der Waals surface area contributed by atoms with Crippen LogP contribution in [0, 0.1) is 6.92 Å². The molecule has 1 atom stereocenters. The monoisotopic (exact) mass is 209 g/mol. The van der Waals surface area contributed by atoms with Gasteiger partial charge in [-0.3, -0.25) is 4.68 Å². The highest BCUT2D eigenvalue weighted by Gasteiger charge is 2.05. The molecule has 1 heterocycles. The third-order valence-electron chi connectivity index (χ3n) is 2.82. The maximum atomic E-state index is 5.89. The van der Waals surface area contributed by atoms with E-state index in [9.17, 15) is 0 Å². The number of hydrogen-bond donors (Lipinski definition) is 1. The van der Waals surface area contributed by atoms with Crippen LogP contribution in [-0.2, 0) is 13.0 Å². The van der Waals surface area contributed by atoms with Crippen LogP contribution in [0.15, 0.2) is 6.07 Å². The number of rotatable bonds is 6. The van der Waals surface area contributed by atoms with Gasteiger partial charge in [0.1, 0.15) is 0 Å². The van der Waals surface area contributed by atoms with Crippen molar-refractivity contribution in [2.45, 2.75) is 59.0 Å². The van der Waals surface area contributed by atoms with E-state index < -0.39 is 0 Å². The van der Waals surface area contributed by atoms with Gasteiger partial charge in [0.05, 0.1) is 5.69 Å². The summed E-state index contributed by atoms with van der Waals surface area (Å²) in [6, 6.07) is 2.55. The summed E-state index contributed by atoms with van der Waals surface area (Å²) in [4.78, 5) is 0. The van der Waals surface area contributed by atoms with Crippen LogP contribution in [0.25, 0.3) is 0 Å². The van der Waals surface area contributed by atoms with Crippen LogP contribution in [0.4, 0.5) is 0 Å². The molecule has 0 aliphatic carbocycles. The zero-order valence-corrected chi connectivity index (χ0v) is 10.2. The second-order valence-corrected chi connectivity index (χ2v) is 4.15. The maximum absolute atomic E-state index is 5.89. The lowest BCUT2D eigenvalue weighted by atomic mass is 10.1. The van der Waals surface area contributed by atoms with Gasteiger partial charge in [-0.1, -0.05) is 6.92 Å². The smallest absolute Gasteiger partial charge is 0.0596 e. The van der Waals surface area contributed by atoms with E-state index in [1.54, 1.807) is 0 Å². The normalized spacial score (nSPS) is 13.1. The van der Waals surface area contributed by atoms with Gasteiger partial charge in [-0.05, 0) is 45.6 Å². The van der Waals surface area contributed by atoms with Crippen LogP contribution >= 0.6 is 0 Å². The first-order valence-electron chi connectivity index (χ1n) is 5.96. The van der Waals surface area contributed by atoms with E-state index in [1.807, 2.05) is 6.92 Å². The highest BCUT2D eigenvalue weighted by atomic mass is 15.3. The SMILES string of the molecule is CCC(N)CCCc1cc(C)nn1CC. The minimum absolute atomic E-state index is 0.365. The Morgan fingerprint density at radius 3 is 2.80 bits per heavy atom. The summed E-state index contributed by atoms with van der Waals surface area (Å²) in [6.45, 7) is 7.29. The molecule has 0 fully saturated rings. The van der Waals surface area contributed by atoms with Crippen LogP contribution in [0.2, 0.25) is 0 Å². The van der Waals surface area contributed by atoms with E-state index in [4.69, 9.17) is 5.73 Å². The van der Waals surface area contributed by atoms with Crippen LogP contribution in [0.3, 0.4) is 0 Å². The molecule has 0 saturated carbocycles. The van der Waals surface area contributed by atoms with E-state index in [1.165, 1.54) is 12.1 Å². The fraction of sp³-hybridized carbons (Fsp3) is 0.750. The number of hydrogen-bond acceptors (Lipinski definition) is 2. The summed E-state index contributed by atoms with van der Waals surface area (Å²) in [6.07, 6.45) is 4.46. The summed E-state index contributed by atoms with van der Waals surface area (Å²) >= 11 is 0. The molecule has 1 aromatic rings. The van der Waals surface area contributed by atoms with Crippen molar-refractivity contribution in [3.63, 3.8) is 0 Å². The Kier molecular flexibility index (Phi) is 4.82. The van der Waals surface area contributed by atoms with Crippen LogP contribution < -0.4 is 5.73 Å². The molecule has 1 aromatic heterocycles. The fourth-order valence-corrected chi connectivity index (χ4v) is 1.82. The minimum Gasteiger partial charge on any atom is -0.328 e. The quantitative estimate of drug-likeness (QED) is 0.781. The molecule has 0 aromatic carbocycles. The molecule has 1 unspecified atom stereocenters. The van der Waals surface area contributed by atoms with Gasteiger partial charge in [-0.25, -0.2) is 0 Å². The minimum atomic E-state index is 0.365. The van der Waals surface area contributed by atoms with Gasteiger partial charge < -0.3 is 5.73 Å². The molecule has 0 bridgehead atoms. The first kappa shape index (κ1) is 12.2. The van der Waals surface area contributed by atoms with Crippen LogP contribution in [-0.4, -0.2) is 15.8 Å². The predicted octanol–water partition coefficient (Wildman–Crippen LogP) is 2.27. The Morgan fingerprint density at radius 2 is 2.20 bits per heavy atom. The molecule has 0 amide bonds. The summed E-state index contributed by atoms with van der Waals surface area (Å²) in [5.74, 6) is 0. The molecule has 15 heavy (non-hydrogen) atoms. The average Bonchev–Trinajstić information content (AvgIpc) is 2.58. The highest BCUT2D eigenvalue weighted by molar-refractivity contribution is 5.08. The van der Waals surface area contributed by atoms with Crippen molar-refractivity contribution in [1.82, 2.24) is 9.78 Å². The van der Waals surface area contributed by atoms with Crippen molar-refractivity contribution in [3.05, 3.63) is 17.5 Å². The number of nitrogens with zero attached hydrogens (tertiary/aromatic N) is 2. The molecule has 0 radical (unpaired) electrons. The van der Waals surface area contributed by atoms with E-state index in [-0.39, 0.29) is 0 Å². The maximum Gasteiger partial charge on any atom is 0.0596 e. The van der Waals surface area contributed by atoms with E-state index in [0.29, 0.717) is 6.04 Å². The van der Waals surface area contributed by atoms with Crippen LogP contribution in [0.1, 0.15) is 44.5 Å². The Balaban J connectivity index is 2.42. The summed E-state index contributed by atoms with van der Waals surface area (Å²) in [5.41, 5.74) is 8.35. The predicted molar refractivity (Wildman–Crippen MR) is 63.8 cm³/mol. The van der Waals surface area contributed by atoms with Gasteiger partial charge in [0.15, 0.2) is 0 Å². The second-order valence-electron chi connectivity index (χ2n) is 4.15. The lowest BCUT2D eigenvalue weighted by Gasteiger charge is -2.08. The molecule has 3 heteroatoms. The molecule has 3 nitrogen and oxygen atoms in total. The van der Waals surface area contributed by atoms with Gasteiger partial charge in [-0.15, -0.1) is 0 Å². The Hall–Kier alpha value is -0.830. The van der Waals surface area contributed by atoms with Gasteiger partial charge in [-0.2, -0.15) is 5.10 Å². The van der Waals surface area contributed by atoms with Crippen molar-refractivity contribution in [2.75, 3.05) is 0 Å². The third-order valence-corrected chi connectivity index (χ3v) is 2.82. The van der Waals surface area contributed by atoms with Crippen molar-refractivity contribution in [1.29, 1.82) is 0 Å². The lowest BCUT2D eigenvalue weighted by Crippen LogP contribution is -2.18. The zero-order chi connectivity index (χ0) is 11.3. The van der Waals surface area contributed by atoms with Crippen molar-refractivity contribution in [3.8, 4) is 0 Å². The van der Waals surface area contributed by atoms with Crippen LogP contribution in [0.5, 0.6) is 0 Å². The summed E-state index contributed by atoms with van der Waals surface area (Å²) < 4.78 is 2.09. The molecule has 0 aliphatic heterocycles. The molecule has 0 aliphatic rings. The topological polar surface area (TPSA) is 43.8 Å². The Bertz CT molecular complexity index is 291. The van der Waals surface area contributed by atoms with Crippen molar-refractivity contribution >= 4 is 0 Å². The fourth-order valence-electron chi connectivity index (χ4n) is 1.82. The molecular formula is C12H23N3. The van der Waals surface area contributed by atoms with E-state index in [0.717, 1.165) is 31.5 Å². The Labute approximate surface area is 92.7 Å². The molecule has 1 rings (SSSR count). The highest BCUT2D eigenvalue weighted by Crippen LogP contribution is 2.09. The lowest BCUT2D eigenvalue weighted by molar-refractivity contribution is 0.546.